The molecule has 0 atom stereocenters. The van der Waals surface area contributed by atoms with Crippen LogP contribution in [-0.4, -0.2) is 29.1 Å². The van der Waals surface area contributed by atoms with E-state index >= 15 is 0 Å². The molecule has 0 aliphatic carbocycles. The molecule has 24 rings (SSSR count). The topological polar surface area (TPSA) is 67.9 Å². The van der Waals surface area contributed by atoms with Crippen LogP contribution < -0.4 is 9.80 Å². The first kappa shape index (κ1) is 89.1. The van der Waals surface area contributed by atoms with Crippen molar-refractivity contribution in [3.8, 4) is 146 Å². The fourth-order valence-corrected chi connectivity index (χ4v) is 19.0. The lowest BCUT2D eigenvalue weighted by Gasteiger charge is -2.26. The number of aromatic nitrogens is 6. The number of para-hydroxylation sites is 2. The van der Waals surface area contributed by atoms with E-state index in [4.69, 9.17) is 19.9 Å². The van der Waals surface area contributed by atoms with Gasteiger partial charge in [0.25, 0.3) is 0 Å². The number of anilines is 6. The zero-order valence-corrected chi connectivity index (χ0v) is 76.8. The lowest BCUT2D eigenvalue weighted by molar-refractivity contribution is 0.381. The molecule has 0 N–H and O–H groups in total. The van der Waals surface area contributed by atoms with E-state index in [0.29, 0.717) is 28.8 Å². The highest BCUT2D eigenvalue weighted by atomic mass is 19.2. The zero-order valence-electron chi connectivity index (χ0n) is 76.8. The largest absolute Gasteiger partial charge is 0.311 e. The molecule has 0 fully saturated rings. The van der Waals surface area contributed by atoms with Gasteiger partial charge in [0.05, 0.1) is 39.0 Å². The highest BCUT2D eigenvalue weighted by molar-refractivity contribution is 6.12. The minimum absolute atomic E-state index is 0.183. The van der Waals surface area contributed by atoms with E-state index in [2.05, 4.69) is 245 Å². The van der Waals surface area contributed by atoms with Gasteiger partial charge in [0.2, 0.25) is 5.82 Å². The molecular formula is C128H80F8N8. The van der Waals surface area contributed by atoms with E-state index in [0.717, 1.165) is 184 Å². The summed E-state index contributed by atoms with van der Waals surface area (Å²) in [6, 6.07) is 158. The normalized spacial score (nSPS) is 11.3. The Balaban J connectivity index is 0.000000160. The van der Waals surface area contributed by atoms with Gasteiger partial charge in [-0.25, -0.2) is 55.1 Å². The summed E-state index contributed by atoms with van der Waals surface area (Å²) in [6.07, 6.45) is 0. The third kappa shape index (κ3) is 17.6. The predicted molar refractivity (Wildman–Crippen MR) is 567 cm³/mol. The molecule has 20 aromatic carbocycles. The van der Waals surface area contributed by atoms with Gasteiger partial charge in [-0.3, -0.25) is 0 Å². The summed E-state index contributed by atoms with van der Waals surface area (Å²) in [7, 11) is 0. The number of fused-ring (bicyclic) bond motifs is 6. The molecule has 0 unspecified atom stereocenters. The molecule has 0 radical (unpaired) electrons. The van der Waals surface area contributed by atoms with Gasteiger partial charge in [-0.2, -0.15) is 0 Å². The molecule has 4 aromatic heterocycles. The highest BCUT2D eigenvalue weighted by Gasteiger charge is 2.29. The first-order chi connectivity index (χ1) is 70.6. The molecule has 0 bridgehead atoms. The Hall–Kier alpha value is -18.8. The number of benzene rings is 20. The molecule has 144 heavy (non-hydrogen) atoms. The Morgan fingerprint density at radius 1 is 0.160 bits per heavy atom. The molecule has 0 spiro atoms. The summed E-state index contributed by atoms with van der Waals surface area (Å²) in [5.41, 5.74) is 28.6. The van der Waals surface area contributed by atoms with Gasteiger partial charge >= 0.3 is 0 Å². The van der Waals surface area contributed by atoms with Crippen LogP contribution in [0.15, 0.2) is 485 Å². The SMILES string of the molecule is Fc1ccc(-c2ccc(N(c3ccc(-c4ccc(F)cc4)cc3)c3ccc(-c4ccc5c(c4)c4ccccc4n5-c4ccc(-c5nc(-c6ccccc6)nc(-c6ccccc6)n5)cc4)cc3)cc2)cc1.Fc1ccc(-c2ccc(N(c3ccc(-c4ccc5c(c4)c4ccccc4n5-c4ccc(-c5cc(-c6ccccc6)nc(-c6ccccc6)c5)cc4)cc3)c3ccc(-c4c(F)c(F)c(F)c(F)c4F)cc3)cc2)cc1. The Kier molecular flexibility index (Phi) is 23.8. The molecular weight excluding hydrogens is 1800 g/mol. The summed E-state index contributed by atoms with van der Waals surface area (Å²) in [5.74, 6) is -9.07. The molecule has 24 aromatic rings. The van der Waals surface area contributed by atoms with Crippen molar-refractivity contribution < 1.29 is 35.1 Å². The van der Waals surface area contributed by atoms with E-state index in [1.165, 1.54) is 48.5 Å². The smallest absolute Gasteiger partial charge is 0.200 e. The third-order valence-corrected chi connectivity index (χ3v) is 26.3. The molecule has 0 aliphatic heterocycles. The molecule has 16 heteroatoms. The van der Waals surface area contributed by atoms with Crippen LogP contribution >= 0.6 is 0 Å². The lowest BCUT2D eigenvalue weighted by Crippen LogP contribution is -2.10. The first-order valence-electron chi connectivity index (χ1n) is 46.9. The van der Waals surface area contributed by atoms with Crippen molar-refractivity contribution >= 4 is 77.7 Å². The van der Waals surface area contributed by atoms with Crippen LogP contribution in [0.4, 0.5) is 69.2 Å². The second-order valence-electron chi connectivity index (χ2n) is 35.1. The van der Waals surface area contributed by atoms with Gasteiger partial charge in [-0.05, 0) is 266 Å². The molecule has 0 saturated carbocycles. The van der Waals surface area contributed by atoms with Crippen LogP contribution in [0.3, 0.4) is 0 Å². The van der Waals surface area contributed by atoms with Crippen LogP contribution in [0.2, 0.25) is 0 Å². The van der Waals surface area contributed by atoms with Crippen LogP contribution in [0.5, 0.6) is 0 Å². The fourth-order valence-electron chi connectivity index (χ4n) is 19.0. The van der Waals surface area contributed by atoms with Crippen molar-refractivity contribution in [2.75, 3.05) is 9.80 Å². The van der Waals surface area contributed by atoms with Crippen molar-refractivity contribution in [3.63, 3.8) is 0 Å². The summed E-state index contributed by atoms with van der Waals surface area (Å²) >= 11 is 0. The summed E-state index contributed by atoms with van der Waals surface area (Å²) in [5, 5.41) is 4.50. The first-order valence-corrected chi connectivity index (χ1v) is 46.9. The molecule has 0 saturated heterocycles. The van der Waals surface area contributed by atoms with Gasteiger partial charge < -0.3 is 18.9 Å². The standard InChI is InChI=1S/C65H39F6N3.C63H41F2N5/c66-49-26-15-40(16-27-49)41-17-28-50(29-18-41)73(52-34-23-46(24-35-52)60-61(67)63(69)65(71)64(70)62(60)68)51-30-19-42(20-31-51)47-25-36-59-55(37-47)54-13-7-8-14-58(54)74(59)53-32-21-43(22-33-53)48-38-56(44-9-3-1-4-10-44)72-57(39-48)45-11-5-2-6-12-45;64-51-28-15-42(16-29-51)44-19-32-53(33-20-44)69(54-34-21-45(22-35-54)43-17-30-52(65)31-18-43)55-36-23-46(24-37-55)50-27-40-60-58(41-50)57-13-7-8-14-59(57)70(60)56-38-25-49(26-39-56)63-67-61(47-9-3-1-4-10-47)66-62(68-63)48-11-5-2-6-12-48/h1-39H;1-41H. The second kappa shape index (κ2) is 38.5. The van der Waals surface area contributed by atoms with Gasteiger partial charge in [0.1, 0.15) is 17.5 Å². The van der Waals surface area contributed by atoms with Gasteiger partial charge in [-0.15, -0.1) is 0 Å². The van der Waals surface area contributed by atoms with Crippen molar-refractivity contribution in [1.29, 1.82) is 0 Å². The Morgan fingerprint density at radius 3 is 0.708 bits per heavy atom. The Morgan fingerprint density at radius 2 is 0.389 bits per heavy atom. The predicted octanol–water partition coefficient (Wildman–Crippen LogP) is 35.2. The average molecular weight is 1880 g/mol. The number of pyridine rings is 1. The summed E-state index contributed by atoms with van der Waals surface area (Å²) in [4.78, 5) is 24.0. The molecule has 0 amide bonds. The molecule has 688 valence electrons. The molecule has 8 nitrogen and oxygen atoms in total. The summed E-state index contributed by atoms with van der Waals surface area (Å²) < 4.78 is 118. The van der Waals surface area contributed by atoms with E-state index < -0.39 is 34.6 Å². The van der Waals surface area contributed by atoms with Crippen LogP contribution in [-0.2, 0) is 0 Å². The number of rotatable bonds is 20. The van der Waals surface area contributed by atoms with E-state index in [9.17, 15) is 35.1 Å². The van der Waals surface area contributed by atoms with Crippen molar-refractivity contribution in [1.82, 2.24) is 29.1 Å². The number of hydrogen-bond acceptors (Lipinski definition) is 6. The summed E-state index contributed by atoms with van der Waals surface area (Å²) in [6.45, 7) is 0. The van der Waals surface area contributed by atoms with Crippen molar-refractivity contribution in [3.05, 3.63) is 532 Å². The van der Waals surface area contributed by atoms with E-state index in [1.54, 1.807) is 48.5 Å². The number of nitrogens with zero attached hydrogens (tertiary/aromatic N) is 8. The average Bonchev–Trinajstić information content (AvgIpc) is 1.59. The van der Waals surface area contributed by atoms with Gasteiger partial charge in [0.15, 0.2) is 40.7 Å². The fraction of sp³-hybridized carbons (Fsp3) is 0. The minimum atomic E-state index is -2.22. The quantitative estimate of drug-likeness (QED) is 0.0430. The zero-order chi connectivity index (χ0) is 97.4. The monoisotopic (exact) mass is 1880 g/mol. The highest BCUT2D eigenvalue weighted by Crippen LogP contribution is 2.46. The van der Waals surface area contributed by atoms with E-state index in [1.807, 2.05) is 163 Å². The number of halogens is 8. The van der Waals surface area contributed by atoms with Crippen LogP contribution in [0, 0.1) is 46.5 Å². The molecule has 0 aliphatic rings. The van der Waals surface area contributed by atoms with E-state index in [-0.39, 0.29) is 23.0 Å². The van der Waals surface area contributed by atoms with Gasteiger partial charge in [-0.1, -0.05) is 291 Å². The second-order valence-corrected chi connectivity index (χ2v) is 35.1. The Labute approximate surface area is 824 Å². The lowest BCUT2D eigenvalue weighted by atomic mass is 10.00. The maximum absolute atomic E-state index is 14.9. The van der Waals surface area contributed by atoms with Crippen LogP contribution in [0.1, 0.15) is 0 Å². The van der Waals surface area contributed by atoms with Gasteiger partial charge in [0, 0.05) is 94.9 Å². The third-order valence-electron chi connectivity index (χ3n) is 26.3. The number of hydrogen-bond donors (Lipinski definition) is 0. The Bertz CT molecular complexity index is 8620. The van der Waals surface area contributed by atoms with Crippen LogP contribution in [0.25, 0.3) is 190 Å². The minimum Gasteiger partial charge on any atom is -0.311 e. The maximum atomic E-state index is 14.9. The van der Waals surface area contributed by atoms with Crippen molar-refractivity contribution in [2.24, 2.45) is 0 Å². The van der Waals surface area contributed by atoms with Crippen molar-refractivity contribution in [2.45, 2.75) is 0 Å². The molecule has 4 heterocycles. The maximum Gasteiger partial charge on any atom is 0.200 e.